The summed E-state index contributed by atoms with van der Waals surface area (Å²) in [5.74, 6) is 1.55. The van der Waals surface area contributed by atoms with Crippen molar-refractivity contribution in [3.8, 4) is 0 Å². The van der Waals surface area contributed by atoms with Gasteiger partial charge in [-0.05, 0) is 25.5 Å². The van der Waals surface area contributed by atoms with E-state index in [1.165, 1.54) is 17.9 Å². The summed E-state index contributed by atoms with van der Waals surface area (Å²) in [7, 11) is 4.75. The molecule has 0 aromatic carbocycles. The molecule has 144 valence electrons. The van der Waals surface area contributed by atoms with Crippen molar-refractivity contribution in [1.29, 1.82) is 0 Å². The number of hydrogen-bond donors (Lipinski definition) is 0. The number of nitrogens with zero attached hydrogens (tertiary/aromatic N) is 5. The Morgan fingerprint density at radius 1 is 1.22 bits per heavy atom. The van der Waals surface area contributed by atoms with Crippen LogP contribution in [0.5, 0.6) is 0 Å². The van der Waals surface area contributed by atoms with E-state index in [0.29, 0.717) is 37.1 Å². The van der Waals surface area contributed by atoms with Gasteiger partial charge in [-0.3, -0.25) is 18.7 Å². The minimum Gasteiger partial charge on any atom is -0.464 e. The second kappa shape index (κ2) is 7.26. The van der Waals surface area contributed by atoms with Gasteiger partial charge in [0.2, 0.25) is 5.91 Å². The summed E-state index contributed by atoms with van der Waals surface area (Å²) in [5.41, 5.74) is -0.0869. The molecule has 0 aliphatic rings. The van der Waals surface area contributed by atoms with E-state index in [1.54, 1.807) is 23.6 Å². The van der Waals surface area contributed by atoms with E-state index in [-0.39, 0.29) is 11.5 Å². The van der Waals surface area contributed by atoms with Crippen molar-refractivity contribution in [3.05, 3.63) is 50.8 Å². The number of carbonyl (C=O) groups excluding carboxylic acids is 1. The van der Waals surface area contributed by atoms with Gasteiger partial charge in [0.15, 0.2) is 11.2 Å². The van der Waals surface area contributed by atoms with Gasteiger partial charge in [0.25, 0.3) is 5.56 Å². The fourth-order valence-electron chi connectivity index (χ4n) is 3.05. The number of hydrogen-bond acceptors (Lipinski definition) is 5. The monoisotopic (exact) mass is 373 g/mol. The lowest BCUT2D eigenvalue weighted by molar-refractivity contribution is -0.130. The summed E-state index contributed by atoms with van der Waals surface area (Å²) < 4.78 is 9.59. The molecule has 0 spiro atoms. The molecule has 3 aromatic rings. The maximum absolute atomic E-state index is 12.4. The van der Waals surface area contributed by atoms with Crippen LogP contribution in [0.2, 0.25) is 0 Å². The summed E-state index contributed by atoms with van der Waals surface area (Å²) in [6, 6.07) is 3.72. The Labute approximate surface area is 155 Å². The van der Waals surface area contributed by atoms with Crippen molar-refractivity contribution in [1.82, 2.24) is 23.6 Å². The van der Waals surface area contributed by atoms with Gasteiger partial charge in [-0.15, -0.1) is 0 Å². The summed E-state index contributed by atoms with van der Waals surface area (Å²) in [4.78, 5) is 42.5. The highest BCUT2D eigenvalue weighted by Gasteiger charge is 2.15. The first kappa shape index (κ1) is 18.7. The second-order valence-corrected chi connectivity index (χ2v) is 6.68. The molecule has 0 fully saturated rings. The van der Waals surface area contributed by atoms with Crippen molar-refractivity contribution >= 4 is 17.1 Å². The average Bonchev–Trinajstić information content (AvgIpc) is 3.24. The third-order valence-corrected chi connectivity index (χ3v) is 4.62. The van der Waals surface area contributed by atoms with Crippen LogP contribution in [0, 0.1) is 6.92 Å². The zero-order chi connectivity index (χ0) is 19.7. The molecule has 0 bridgehead atoms. The van der Waals surface area contributed by atoms with Crippen LogP contribution in [0.1, 0.15) is 24.4 Å². The van der Waals surface area contributed by atoms with Crippen LogP contribution in [-0.4, -0.2) is 36.5 Å². The van der Waals surface area contributed by atoms with E-state index in [0.717, 1.165) is 16.1 Å². The molecule has 27 heavy (non-hydrogen) atoms. The van der Waals surface area contributed by atoms with Gasteiger partial charge < -0.3 is 13.9 Å². The first-order valence-corrected chi connectivity index (χ1v) is 8.69. The highest BCUT2D eigenvalue weighted by molar-refractivity contribution is 5.75. The zero-order valence-corrected chi connectivity index (χ0v) is 15.9. The van der Waals surface area contributed by atoms with Gasteiger partial charge >= 0.3 is 5.69 Å². The van der Waals surface area contributed by atoms with E-state index in [9.17, 15) is 14.4 Å². The Morgan fingerprint density at radius 3 is 2.63 bits per heavy atom. The van der Waals surface area contributed by atoms with Crippen molar-refractivity contribution in [3.63, 3.8) is 0 Å². The van der Waals surface area contributed by atoms with E-state index in [1.807, 2.05) is 19.1 Å². The normalized spacial score (nSPS) is 11.3. The molecule has 3 heterocycles. The molecule has 0 saturated heterocycles. The van der Waals surface area contributed by atoms with Gasteiger partial charge in [0.05, 0.1) is 12.9 Å². The molecule has 9 heteroatoms. The van der Waals surface area contributed by atoms with Crippen LogP contribution >= 0.6 is 0 Å². The smallest absolute Gasteiger partial charge is 0.332 e. The molecule has 0 aliphatic carbocycles. The van der Waals surface area contributed by atoms with Crippen molar-refractivity contribution in [2.75, 3.05) is 7.05 Å². The number of imidazole rings is 1. The van der Waals surface area contributed by atoms with Gasteiger partial charge in [-0.1, -0.05) is 0 Å². The largest absolute Gasteiger partial charge is 0.464 e. The van der Waals surface area contributed by atoms with Crippen LogP contribution in [0.25, 0.3) is 11.2 Å². The number of aryl methyl sites for hydroxylation is 3. The Kier molecular flexibility index (Phi) is 5.02. The standard InChI is InChI=1S/C18H23N5O4/c1-12-7-8-13(27-12)10-20(2)14(24)6-5-9-23-11-19-16-15(23)17(25)22(4)18(26)21(16)3/h7-8,11H,5-6,9-10H2,1-4H3. The van der Waals surface area contributed by atoms with Crippen molar-refractivity contribution < 1.29 is 9.21 Å². The molecular formula is C18H23N5O4. The summed E-state index contributed by atoms with van der Waals surface area (Å²) in [6.07, 6.45) is 2.42. The Morgan fingerprint density at radius 2 is 1.96 bits per heavy atom. The van der Waals surface area contributed by atoms with Crippen LogP contribution < -0.4 is 11.2 Å². The SMILES string of the molecule is Cc1ccc(CN(C)C(=O)CCCn2cnc3c2c(=O)n(C)c(=O)n3C)o1. The highest BCUT2D eigenvalue weighted by atomic mass is 16.3. The van der Waals surface area contributed by atoms with Crippen molar-refractivity contribution in [2.45, 2.75) is 32.9 Å². The minimum absolute atomic E-state index is 0.00576. The summed E-state index contributed by atoms with van der Waals surface area (Å²) in [5, 5.41) is 0. The number of rotatable bonds is 6. The van der Waals surface area contributed by atoms with E-state index >= 15 is 0 Å². The Balaban J connectivity index is 1.66. The van der Waals surface area contributed by atoms with Crippen LogP contribution in [0.15, 0.2) is 32.5 Å². The Hall–Kier alpha value is -3.10. The van der Waals surface area contributed by atoms with Crippen molar-refractivity contribution in [2.24, 2.45) is 14.1 Å². The lowest BCUT2D eigenvalue weighted by atomic mass is 10.2. The molecule has 3 aromatic heterocycles. The van der Waals surface area contributed by atoms with E-state index in [2.05, 4.69) is 4.98 Å². The molecule has 1 amide bonds. The molecule has 0 atom stereocenters. The predicted molar refractivity (Wildman–Crippen MR) is 99.4 cm³/mol. The maximum atomic E-state index is 12.4. The fraction of sp³-hybridized carbons (Fsp3) is 0.444. The molecule has 0 saturated carbocycles. The molecule has 0 aliphatic heterocycles. The number of amides is 1. The lowest BCUT2D eigenvalue weighted by Crippen LogP contribution is -2.37. The topological polar surface area (TPSA) is 95.3 Å². The molecule has 0 N–H and O–H groups in total. The number of furan rings is 1. The molecular weight excluding hydrogens is 350 g/mol. The second-order valence-electron chi connectivity index (χ2n) is 6.68. The first-order valence-electron chi connectivity index (χ1n) is 8.69. The third kappa shape index (κ3) is 3.57. The summed E-state index contributed by atoms with van der Waals surface area (Å²) >= 11 is 0. The first-order chi connectivity index (χ1) is 12.8. The predicted octanol–water partition coefficient (Wildman–Crippen LogP) is 0.774. The van der Waals surface area contributed by atoms with E-state index < -0.39 is 5.69 Å². The van der Waals surface area contributed by atoms with Gasteiger partial charge in [0, 0.05) is 34.1 Å². The molecule has 0 radical (unpaired) electrons. The molecule has 9 nitrogen and oxygen atoms in total. The third-order valence-electron chi connectivity index (χ3n) is 4.62. The number of fused-ring (bicyclic) bond motifs is 1. The number of carbonyl (C=O) groups is 1. The van der Waals surface area contributed by atoms with Gasteiger partial charge in [-0.2, -0.15) is 0 Å². The van der Waals surface area contributed by atoms with E-state index in [4.69, 9.17) is 4.42 Å². The molecule has 3 rings (SSSR count). The summed E-state index contributed by atoms with van der Waals surface area (Å²) in [6.45, 7) is 2.74. The Bertz CT molecular complexity index is 1100. The van der Waals surface area contributed by atoms with Crippen LogP contribution in [0.4, 0.5) is 0 Å². The van der Waals surface area contributed by atoms with Gasteiger partial charge in [0.1, 0.15) is 11.5 Å². The van der Waals surface area contributed by atoms with Crippen LogP contribution in [0.3, 0.4) is 0 Å². The number of aromatic nitrogens is 4. The van der Waals surface area contributed by atoms with Gasteiger partial charge in [-0.25, -0.2) is 9.78 Å². The van der Waals surface area contributed by atoms with Crippen LogP contribution in [-0.2, 0) is 32.0 Å². The fourth-order valence-corrected chi connectivity index (χ4v) is 3.05. The lowest BCUT2D eigenvalue weighted by Gasteiger charge is -2.15. The average molecular weight is 373 g/mol. The highest BCUT2D eigenvalue weighted by Crippen LogP contribution is 2.11. The minimum atomic E-state index is -0.414. The zero-order valence-electron chi connectivity index (χ0n) is 15.9. The quantitative estimate of drug-likeness (QED) is 0.636. The maximum Gasteiger partial charge on any atom is 0.332 e. The molecule has 0 unspecified atom stereocenters.